The molecule has 1 saturated heterocycles. The third-order valence-corrected chi connectivity index (χ3v) is 6.25. The third kappa shape index (κ3) is 5.23. The van der Waals surface area contributed by atoms with Crippen LogP contribution in [0.5, 0.6) is 11.5 Å². The fraction of sp³-hybridized carbons (Fsp3) is 0.179. The highest BCUT2D eigenvalue weighted by atomic mass is 32.1. The van der Waals surface area contributed by atoms with E-state index in [2.05, 4.69) is 12.2 Å². The van der Waals surface area contributed by atoms with Gasteiger partial charge in [-0.15, -0.1) is 0 Å². The molecule has 4 rings (SSSR count). The highest BCUT2D eigenvalue weighted by Crippen LogP contribution is 2.31. The van der Waals surface area contributed by atoms with Gasteiger partial charge in [0.25, 0.3) is 11.8 Å². The molecule has 0 aliphatic carbocycles. The van der Waals surface area contributed by atoms with E-state index in [4.69, 9.17) is 21.7 Å². The lowest BCUT2D eigenvalue weighted by atomic mass is 10.1. The number of hydrogen-bond donors (Lipinski definition) is 1. The van der Waals surface area contributed by atoms with Crippen molar-refractivity contribution >= 4 is 46.6 Å². The van der Waals surface area contributed by atoms with Crippen LogP contribution < -0.4 is 19.7 Å². The summed E-state index contributed by atoms with van der Waals surface area (Å²) in [5.41, 5.74) is 3.61. The van der Waals surface area contributed by atoms with E-state index < -0.39 is 0 Å². The van der Waals surface area contributed by atoms with Crippen molar-refractivity contribution in [2.45, 2.75) is 13.3 Å². The monoisotopic (exact) mass is 501 g/mol. The summed E-state index contributed by atoms with van der Waals surface area (Å²) in [6.07, 6.45) is 2.65. The van der Waals surface area contributed by atoms with E-state index in [-0.39, 0.29) is 18.4 Å². The van der Waals surface area contributed by atoms with Crippen LogP contribution in [0.2, 0.25) is 0 Å². The molecule has 3 aromatic carbocycles. The van der Waals surface area contributed by atoms with Gasteiger partial charge in [-0.25, -0.2) is 0 Å². The quantitative estimate of drug-likeness (QED) is 0.351. The van der Waals surface area contributed by atoms with Crippen LogP contribution >= 0.6 is 12.2 Å². The fourth-order valence-corrected chi connectivity index (χ4v) is 4.11. The molecule has 1 fully saturated rings. The fourth-order valence-electron chi connectivity index (χ4n) is 3.82. The van der Waals surface area contributed by atoms with E-state index in [1.54, 1.807) is 43.3 Å². The lowest BCUT2D eigenvalue weighted by Crippen LogP contribution is -2.29. The molecule has 0 atom stereocenters. The molecule has 1 heterocycles. The first-order valence-corrected chi connectivity index (χ1v) is 11.9. The Bertz CT molecular complexity index is 1320. The van der Waals surface area contributed by atoms with Crippen LogP contribution in [0.15, 0.2) is 78.5 Å². The summed E-state index contributed by atoms with van der Waals surface area (Å²) < 4.78 is 11.1. The number of methoxy groups -OCH3 is 1. The molecule has 7 nitrogen and oxygen atoms in total. The first-order valence-electron chi connectivity index (χ1n) is 11.5. The maximum Gasteiger partial charge on any atom is 0.276 e. The van der Waals surface area contributed by atoms with E-state index in [1.165, 1.54) is 10.5 Å². The highest BCUT2D eigenvalue weighted by molar-refractivity contribution is 7.80. The van der Waals surface area contributed by atoms with Crippen molar-refractivity contribution in [1.29, 1.82) is 0 Å². The number of nitrogens with one attached hydrogen (secondary N) is 1. The Morgan fingerprint density at radius 3 is 2.36 bits per heavy atom. The summed E-state index contributed by atoms with van der Waals surface area (Å²) in [4.78, 5) is 28.8. The topological polar surface area (TPSA) is 71.1 Å². The summed E-state index contributed by atoms with van der Waals surface area (Å²) >= 11 is 5.57. The summed E-state index contributed by atoms with van der Waals surface area (Å²) in [7, 11) is 3.20. The van der Waals surface area contributed by atoms with E-state index in [0.29, 0.717) is 33.6 Å². The van der Waals surface area contributed by atoms with Crippen LogP contribution in [0.25, 0.3) is 6.08 Å². The molecule has 0 saturated carbocycles. The molecule has 3 aromatic rings. The number of carbonyl (C=O) groups is 2. The van der Waals surface area contributed by atoms with Crippen LogP contribution in [0.3, 0.4) is 0 Å². The number of benzene rings is 3. The minimum Gasteiger partial charge on any atom is -0.495 e. The van der Waals surface area contributed by atoms with Gasteiger partial charge in [0.2, 0.25) is 0 Å². The van der Waals surface area contributed by atoms with E-state index in [0.717, 1.165) is 12.1 Å². The Morgan fingerprint density at radius 2 is 1.67 bits per heavy atom. The standard InChI is InChI=1S/C28H27N3O4S/c1-4-19-13-15-21(16-14-19)31-23(27(33)30(2)28(31)36)17-20-9-5-7-11-24(20)35-18-26(32)29-22-10-6-8-12-25(22)34-3/h5-17H,4,18H2,1-3H3,(H,29,32). The second-order valence-corrected chi connectivity index (χ2v) is 8.47. The maximum atomic E-state index is 13.1. The number of carbonyl (C=O) groups excluding carboxylic acids is 2. The molecule has 1 aliphatic heterocycles. The lowest BCUT2D eigenvalue weighted by Gasteiger charge is -2.19. The zero-order valence-electron chi connectivity index (χ0n) is 20.4. The second-order valence-electron chi connectivity index (χ2n) is 8.11. The summed E-state index contributed by atoms with van der Waals surface area (Å²) in [5.74, 6) is 0.471. The predicted molar refractivity (Wildman–Crippen MR) is 145 cm³/mol. The highest BCUT2D eigenvalue weighted by Gasteiger charge is 2.36. The van der Waals surface area contributed by atoms with Gasteiger partial charge in [-0.05, 0) is 60.6 Å². The van der Waals surface area contributed by atoms with Crippen molar-refractivity contribution in [1.82, 2.24) is 4.90 Å². The predicted octanol–water partition coefficient (Wildman–Crippen LogP) is 4.88. The molecular formula is C28H27N3O4S. The molecule has 1 aliphatic rings. The Kier molecular flexibility index (Phi) is 7.65. The zero-order valence-corrected chi connectivity index (χ0v) is 21.2. The van der Waals surface area contributed by atoms with Crippen molar-refractivity contribution in [3.63, 3.8) is 0 Å². The Morgan fingerprint density at radius 1 is 1.00 bits per heavy atom. The Hall–Kier alpha value is -4.17. The molecule has 0 spiro atoms. The van der Waals surface area contributed by atoms with Crippen molar-refractivity contribution in [3.05, 3.63) is 89.6 Å². The minimum atomic E-state index is -0.336. The average Bonchev–Trinajstić information content (AvgIpc) is 3.11. The molecule has 0 bridgehead atoms. The van der Waals surface area contributed by atoms with Crippen LogP contribution in [-0.4, -0.2) is 42.6 Å². The molecular weight excluding hydrogens is 474 g/mol. The van der Waals surface area contributed by atoms with Gasteiger partial charge in [-0.2, -0.15) is 0 Å². The number of thiocarbonyl (C=S) groups is 1. The van der Waals surface area contributed by atoms with Gasteiger partial charge in [0.1, 0.15) is 17.2 Å². The minimum absolute atomic E-state index is 0.216. The molecule has 2 amide bonds. The summed E-state index contributed by atoms with van der Waals surface area (Å²) in [6, 6.07) is 22.3. The molecule has 0 aromatic heterocycles. The summed E-state index contributed by atoms with van der Waals surface area (Å²) in [5, 5.41) is 3.18. The van der Waals surface area contributed by atoms with Crippen molar-refractivity contribution in [2.75, 3.05) is 31.0 Å². The van der Waals surface area contributed by atoms with Crippen LogP contribution in [-0.2, 0) is 16.0 Å². The first-order chi connectivity index (χ1) is 17.4. The zero-order chi connectivity index (χ0) is 25.7. The third-order valence-electron chi connectivity index (χ3n) is 5.80. The summed E-state index contributed by atoms with van der Waals surface area (Å²) in [6.45, 7) is 1.87. The van der Waals surface area contributed by atoms with Crippen LogP contribution in [0.1, 0.15) is 18.1 Å². The van der Waals surface area contributed by atoms with E-state index in [9.17, 15) is 9.59 Å². The van der Waals surface area contributed by atoms with Gasteiger partial charge in [0, 0.05) is 18.3 Å². The SMILES string of the molecule is CCc1ccc(N2C(=S)N(C)C(=O)C2=Cc2ccccc2OCC(=O)Nc2ccccc2OC)cc1. The maximum absolute atomic E-state index is 13.1. The number of aryl methyl sites for hydroxylation is 1. The van der Waals surface area contributed by atoms with Crippen LogP contribution in [0, 0.1) is 0 Å². The van der Waals surface area contributed by atoms with Crippen molar-refractivity contribution < 1.29 is 19.1 Å². The van der Waals surface area contributed by atoms with Gasteiger partial charge in [-0.3, -0.25) is 19.4 Å². The molecule has 36 heavy (non-hydrogen) atoms. The van der Waals surface area contributed by atoms with Gasteiger partial charge in [-0.1, -0.05) is 49.4 Å². The van der Waals surface area contributed by atoms with Gasteiger partial charge < -0.3 is 14.8 Å². The Labute approximate surface area is 215 Å². The number of likely N-dealkylation sites (N-methyl/N-ethyl adjacent to an activating group) is 1. The van der Waals surface area contributed by atoms with Gasteiger partial charge >= 0.3 is 0 Å². The number of nitrogens with zero attached hydrogens (tertiary/aromatic N) is 2. The number of ether oxygens (including phenoxy) is 2. The van der Waals surface area contributed by atoms with Gasteiger partial charge in [0.15, 0.2) is 11.7 Å². The number of para-hydroxylation sites is 3. The smallest absolute Gasteiger partial charge is 0.276 e. The number of anilines is 2. The Balaban J connectivity index is 1.57. The molecule has 0 unspecified atom stereocenters. The second kappa shape index (κ2) is 11.0. The number of amides is 2. The molecule has 1 N–H and O–H groups in total. The van der Waals surface area contributed by atoms with E-state index in [1.807, 2.05) is 54.6 Å². The molecule has 0 radical (unpaired) electrons. The van der Waals surface area contributed by atoms with Crippen LogP contribution in [0.4, 0.5) is 11.4 Å². The first kappa shape index (κ1) is 24.9. The average molecular weight is 502 g/mol. The van der Waals surface area contributed by atoms with Gasteiger partial charge in [0.05, 0.1) is 12.8 Å². The molecule has 8 heteroatoms. The lowest BCUT2D eigenvalue weighted by molar-refractivity contribution is -0.121. The largest absolute Gasteiger partial charge is 0.495 e. The van der Waals surface area contributed by atoms with E-state index >= 15 is 0 Å². The molecule has 184 valence electrons. The number of rotatable bonds is 8. The number of hydrogen-bond acceptors (Lipinski definition) is 5. The van der Waals surface area contributed by atoms with Crippen molar-refractivity contribution in [3.8, 4) is 11.5 Å². The normalized spacial score (nSPS) is 14.4. The van der Waals surface area contributed by atoms with Crippen molar-refractivity contribution in [2.24, 2.45) is 0 Å².